The molecular weight excluding hydrogens is 513 g/mol. The number of alkyl carbamates (subject to hydrolysis) is 1. The van der Waals surface area contributed by atoms with E-state index in [4.69, 9.17) is 4.74 Å². The Balaban J connectivity index is 1.71. The number of hydrogen-bond donors (Lipinski definition) is 2. The molecule has 0 radical (unpaired) electrons. The summed E-state index contributed by atoms with van der Waals surface area (Å²) >= 11 is 0. The van der Waals surface area contributed by atoms with E-state index < -0.39 is 23.5 Å². The van der Waals surface area contributed by atoms with Gasteiger partial charge in [0, 0.05) is 36.5 Å². The summed E-state index contributed by atoms with van der Waals surface area (Å²) in [5.74, 6) is -1.37. The van der Waals surface area contributed by atoms with Gasteiger partial charge in [-0.15, -0.1) is 0 Å². The highest BCUT2D eigenvalue weighted by molar-refractivity contribution is 5.92. The number of ether oxygens (including phenoxy) is 1. The number of nitrogens with one attached hydrogen (secondary N) is 1. The van der Waals surface area contributed by atoms with Crippen molar-refractivity contribution >= 4 is 17.9 Å². The summed E-state index contributed by atoms with van der Waals surface area (Å²) in [5, 5.41) is 31.7. The zero-order valence-corrected chi connectivity index (χ0v) is 22.4. The van der Waals surface area contributed by atoms with Crippen molar-refractivity contribution in [3.05, 3.63) is 71.2 Å². The molecule has 2 aromatic carbocycles. The monoisotopic (exact) mass is 541 g/mol. The Bertz CT molecular complexity index is 1530. The van der Waals surface area contributed by atoms with Gasteiger partial charge in [-0.05, 0) is 69.0 Å². The SMILES string of the molecule is CC(C)(C)OC(=O)NC1CCN(c2ncc(-c3ccc(C(=O)O)cc3)c(-c3ccc(C#N)c(F)c3)c2C#N)CC1. The molecule has 204 valence electrons. The van der Waals surface area contributed by atoms with Crippen molar-refractivity contribution in [3.63, 3.8) is 0 Å². The molecule has 0 bridgehead atoms. The van der Waals surface area contributed by atoms with Gasteiger partial charge in [-0.3, -0.25) is 0 Å². The molecule has 0 spiro atoms. The molecule has 1 fully saturated rings. The van der Waals surface area contributed by atoms with E-state index in [0.717, 1.165) is 0 Å². The number of carbonyl (C=O) groups is 2. The standard InChI is InChI=1S/C30H28FN5O4/c1-30(2,3)40-29(39)35-22-10-12-36(13-11-22)27-23(16-33)26(20-8-9-21(15-32)25(31)14-20)24(17-34-27)18-4-6-19(7-5-18)28(37)38/h4-9,14,17,22H,10-13H2,1-3H3,(H,35,39)(H,37,38). The van der Waals surface area contributed by atoms with Crippen molar-refractivity contribution in [1.29, 1.82) is 10.5 Å². The fourth-order valence-corrected chi connectivity index (χ4v) is 4.63. The second-order valence-electron chi connectivity index (χ2n) is 10.5. The average Bonchev–Trinajstić information content (AvgIpc) is 2.91. The first-order chi connectivity index (χ1) is 19.0. The Morgan fingerprint density at radius 2 is 1.73 bits per heavy atom. The highest BCUT2D eigenvalue weighted by Crippen LogP contribution is 2.39. The van der Waals surface area contributed by atoms with E-state index >= 15 is 0 Å². The molecule has 1 aliphatic heterocycles. The molecule has 3 aromatic rings. The van der Waals surface area contributed by atoms with Crippen LogP contribution in [-0.4, -0.2) is 46.9 Å². The number of rotatable bonds is 5. The van der Waals surface area contributed by atoms with Gasteiger partial charge in [-0.25, -0.2) is 19.0 Å². The summed E-state index contributed by atoms with van der Waals surface area (Å²) in [4.78, 5) is 30.1. The lowest BCUT2D eigenvalue weighted by atomic mass is 9.91. The maximum absolute atomic E-state index is 14.7. The van der Waals surface area contributed by atoms with Crippen LogP contribution >= 0.6 is 0 Å². The lowest BCUT2D eigenvalue weighted by Gasteiger charge is -2.34. The second kappa shape index (κ2) is 11.4. The van der Waals surface area contributed by atoms with Crippen LogP contribution in [0.15, 0.2) is 48.7 Å². The predicted molar refractivity (Wildman–Crippen MR) is 146 cm³/mol. The third-order valence-corrected chi connectivity index (χ3v) is 6.51. The van der Waals surface area contributed by atoms with Crippen molar-refractivity contribution < 1.29 is 23.8 Å². The van der Waals surface area contributed by atoms with E-state index in [0.29, 0.717) is 54.0 Å². The van der Waals surface area contributed by atoms with Crippen molar-refractivity contribution in [2.45, 2.75) is 45.3 Å². The number of nitrogens with zero attached hydrogens (tertiary/aromatic N) is 4. The Kier molecular flexibility index (Phi) is 8.01. The van der Waals surface area contributed by atoms with Gasteiger partial charge in [0.05, 0.1) is 11.1 Å². The van der Waals surface area contributed by atoms with E-state index in [1.54, 1.807) is 51.2 Å². The van der Waals surface area contributed by atoms with Crippen molar-refractivity contribution in [3.8, 4) is 34.4 Å². The first kappa shape index (κ1) is 28.1. The number of nitriles is 2. The van der Waals surface area contributed by atoms with Crippen molar-refractivity contribution in [2.75, 3.05) is 18.0 Å². The minimum atomic E-state index is -1.07. The quantitative estimate of drug-likeness (QED) is 0.432. The van der Waals surface area contributed by atoms with Crippen molar-refractivity contribution in [1.82, 2.24) is 10.3 Å². The normalized spacial score (nSPS) is 13.7. The van der Waals surface area contributed by atoms with Gasteiger partial charge in [0.25, 0.3) is 0 Å². The Morgan fingerprint density at radius 1 is 1.07 bits per heavy atom. The first-order valence-corrected chi connectivity index (χ1v) is 12.7. The maximum Gasteiger partial charge on any atom is 0.407 e. The lowest BCUT2D eigenvalue weighted by Crippen LogP contribution is -2.46. The number of halogens is 1. The number of carbonyl (C=O) groups excluding carboxylic acids is 1. The molecular formula is C30H28FN5O4. The van der Waals surface area contributed by atoms with E-state index in [1.165, 1.54) is 24.3 Å². The van der Waals surface area contributed by atoms with E-state index in [2.05, 4.69) is 16.4 Å². The largest absolute Gasteiger partial charge is 0.478 e. The summed E-state index contributed by atoms with van der Waals surface area (Å²) in [7, 11) is 0. The van der Waals surface area contributed by atoms with E-state index in [-0.39, 0.29) is 22.7 Å². The lowest BCUT2D eigenvalue weighted by molar-refractivity contribution is 0.0496. The highest BCUT2D eigenvalue weighted by atomic mass is 19.1. The summed E-state index contributed by atoms with van der Waals surface area (Å²) in [6.07, 6.45) is 2.31. The summed E-state index contributed by atoms with van der Waals surface area (Å²) in [6.45, 7) is 6.41. The molecule has 4 rings (SSSR count). The van der Waals surface area contributed by atoms with Crippen LogP contribution in [0.25, 0.3) is 22.3 Å². The zero-order valence-electron chi connectivity index (χ0n) is 22.4. The van der Waals surface area contributed by atoms with Crippen LogP contribution < -0.4 is 10.2 Å². The molecule has 0 unspecified atom stereocenters. The van der Waals surface area contributed by atoms with Crippen LogP contribution in [0.3, 0.4) is 0 Å². The number of pyridine rings is 1. The third kappa shape index (κ3) is 6.19. The van der Waals surface area contributed by atoms with Crippen LogP contribution in [0.4, 0.5) is 15.0 Å². The zero-order chi connectivity index (χ0) is 29.0. The molecule has 0 aliphatic carbocycles. The Hall–Kier alpha value is -4.96. The predicted octanol–water partition coefficient (Wildman–Crippen LogP) is 5.49. The molecule has 1 amide bonds. The van der Waals surface area contributed by atoms with Crippen LogP contribution in [0, 0.1) is 28.5 Å². The van der Waals surface area contributed by atoms with E-state index in [1.807, 2.05) is 4.90 Å². The minimum Gasteiger partial charge on any atom is -0.478 e. The van der Waals surface area contributed by atoms with E-state index in [9.17, 15) is 29.6 Å². The van der Waals surface area contributed by atoms with Crippen LogP contribution in [0.5, 0.6) is 0 Å². The van der Waals surface area contributed by atoms with Gasteiger partial charge in [0.1, 0.15) is 34.9 Å². The molecule has 2 N–H and O–H groups in total. The highest BCUT2D eigenvalue weighted by Gasteiger charge is 2.28. The fraction of sp³-hybridized carbons (Fsp3) is 0.300. The topological polar surface area (TPSA) is 139 Å². The molecule has 9 nitrogen and oxygen atoms in total. The molecule has 2 heterocycles. The number of benzene rings is 2. The van der Waals surface area contributed by atoms with Gasteiger partial charge in [0.15, 0.2) is 0 Å². The first-order valence-electron chi connectivity index (χ1n) is 12.7. The number of carboxylic acids is 1. The summed E-state index contributed by atoms with van der Waals surface area (Å²) in [5.41, 5.74) is 1.52. The molecule has 1 aromatic heterocycles. The maximum atomic E-state index is 14.7. The number of anilines is 1. The van der Waals surface area contributed by atoms with Crippen LogP contribution in [0.2, 0.25) is 0 Å². The molecule has 0 saturated carbocycles. The molecule has 0 atom stereocenters. The number of piperidine rings is 1. The molecule has 40 heavy (non-hydrogen) atoms. The molecule has 1 saturated heterocycles. The van der Waals surface area contributed by atoms with Gasteiger partial charge < -0.3 is 20.1 Å². The van der Waals surface area contributed by atoms with Gasteiger partial charge in [0.2, 0.25) is 0 Å². The number of aromatic carboxylic acids is 1. The van der Waals surface area contributed by atoms with Crippen LogP contribution in [-0.2, 0) is 4.74 Å². The average molecular weight is 542 g/mol. The molecule has 10 heteroatoms. The van der Waals surface area contributed by atoms with Gasteiger partial charge in [-0.2, -0.15) is 10.5 Å². The Morgan fingerprint density at radius 3 is 2.27 bits per heavy atom. The fourth-order valence-electron chi connectivity index (χ4n) is 4.63. The second-order valence-corrected chi connectivity index (χ2v) is 10.5. The third-order valence-electron chi connectivity index (χ3n) is 6.51. The smallest absolute Gasteiger partial charge is 0.407 e. The Labute approximate surface area is 231 Å². The van der Waals surface area contributed by atoms with Crippen LogP contribution in [0.1, 0.15) is 55.1 Å². The number of hydrogen-bond acceptors (Lipinski definition) is 7. The van der Waals surface area contributed by atoms with Crippen molar-refractivity contribution in [2.24, 2.45) is 0 Å². The summed E-state index contributed by atoms with van der Waals surface area (Å²) < 4.78 is 20.1. The summed E-state index contributed by atoms with van der Waals surface area (Å²) in [6, 6.07) is 14.2. The van der Waals surface area contributed by atoms with Gasteiger partial charge >= 0.3 is 12.1 Å². The van der Waals surface area contributed by atoms with Gasteiger partial charge in [-0.1, -0.05) is 18.2 Å². The minimum absolute atomic E-state index is 0.0997. The molecule has 1 aliphatic rings. The number of carboxylic acid groups (broad SMARTS) is 1. The number of amides is 1. The number of aromatic nitrogens is 1.